The second kappa shape index (κ2) is 9.32. The first-order chi connectivity index (χ1) is 15.1. The van der Waals surface area contributed by atoms with Crippen LogP contribution in [0.4, 0.5) is 0 Å². The minimum atomic E-state index is -0.711. The maximum Gasteiger partial charge on any atom is 0.295 e. The van der Waals surface area contributed by atoms with Crippen molar-refractivity contribution in [2.24, 2.45) is 0 Å². The molecule has 0 saturated carbocycles. The van der Waals surface area contributed by atoms with Gasteiger partial charge in [-0.2, -0.15) is 0 Å². The Kier molecular flexibility index (Phi) is 6.34. The third kappa shape index (κ3) is 4.19. The quantitative estimate of drug-likeness (QED) is 0.412. The first kappa shape index (κ1) is 21.1. The van der Waals surface area contributed by atoms with E-state index in [0.29, 0.717) is 43.2 Å². The van der Waals surface area contributed by atoms with Gasteiger partial charge in [0, 0.05) is 11.1 Å². The van der Waals surface area contributed by atoms with Gasteiger partial charge in [0.25, 0.3) is 11.7 Å². The molecule has 2 saturated heterocycles. The lowest BCUT2D eigenvalue weighted by Gasteiger charge is -2.29. The SMILES string of the molecule is COc1ccccc1[C@@H]1C(=C(O)c2ccccc2)C(=O)C(=O)N1CC[NH+]1CCOCC1. The van der Waals surface area contributed by atoms with E-state index in [0.717, 1.165) is 13.1 Å². The molecule has 7 nitrogen and oxygen atoms in total. The molecule has 7 heteroatoms. The standard InChI is InChI=1S/C24H26N2O5/c1-30-19-10-6-5-9-18(19)21-20(22(27)17-7-3-2-4-8-17)23(28)24(29)26(21)12-11-25-13-15-31-16-14-25/h2-10,21,27H,11-16H2,1H3/p+1/t21-/m1/s1. The lowest BCUT2D eigenvalue weighted by Crippen LogP contribution is -3.14. The van der Waals surface area contributed by atoms with Crippen LogP contribution in [0.2, 0.25) is 0 Å². The lowest BCUT2D eigenvalue weighted by atomic mass is 9.94. The fraction of sp³-hybridized carbons (Fsp3) is 0.333. The molecule has 2 aromatic rings. The molecule has 1 atom stereocenters. The Morgan fingerprint density at radius 1 is 1.10 bits per heavy atom. The average molecular weight is 423 g/mol. The maximum absolute atomic E-state index is 13.1. The van der Waals surface area contributed by atoms with E-state index in [-0.39, 0.29) is 11.3 Å². The van der Waals surface area contributed by atoms with Gasteiger partial charge < -0.3 is 24.4 Å². The molecule has 0 radical (unpaired) electrons. The second-order valence-corrected chi connectivity index (χ2v) is 7.71. The van der Waals surface area contributed by atoms with Crippen molar-refractivity contribution in [3.8, 4) is 5.75 Å². The number of Topliss-reactive ketones (excluding diaryl/α,β-unsaturated/α-hetero) is 1. The van der Waals surface area contributed by atoms with Crippen molar-refractivity contribution < 1.29 is 29.1 Å². The average Bonchev–Trinajstić information content (AvgIpc) is 3.08. The highest BCUT2D eigenvalue weighted by atomic mass is 16.5. The first-order valence-corrected chi connectivity index (χ1v) is 10.5. The summed E-state index contributed by atoms with van der Waals surface area (Å²) in [5.41, 5.74) is 1.27. The van der Waals surface area contributed by atoms with Gasteiger partial charge in [-0.25, -0.2) is 0 Å². The molecule has 0 aromatic heterocycles. The first-order valence-electron chi connectivity index (χ1n) is 10.5. The number of morpholine rings is 1. The van der Waals surface area contributed by atoms with Crippen LogP contribution in [0.5, 0.6) is 5.75 Å². The number of hydrogen-bond acceptors (Lipinski definition) is 5. The number of nitrogens with zero attached hydrogens (tertiary/aromatic N) is 1. The van der Waals surface area contributed by atoms with Crippen LogP contribution < -0.4 is 9.64 Å². The third-order valence-corrected chi connectivity index (χ3v) is 5.93. The van der Waals surface area contributed by atoms with E-state index in [9.17, 15) is 14.7 Å². The van der Waals surface area contributed by atoms with Gasteiger partial charge in [0.15, 0.2) is 0 Å². The van der Waals surface area contributed by atoms with Crippen molar-refractivity contribution in [1.29, 1.82) is 0 Å². The predicted molar refractivity (Wildman–Crippen MR) is 115 cm³/mol. The Balaban J connectivity index is 1.76. The van der Waals surface area contributed by atoms with E-state index < -0.39 is 17.7 Å². The molecular weight excluding hydrogens is 396 g/mol. The van der Waals surface area contributed by atoms with Crippen LogP contribution in [0.3, 0.4) is 0 Å². The van der Waals surface area contributed by atoms with Crippen LogP contribution in [-0.2, 0) is 14.3 Å². The number of rotatable bonds is 6. The Bertz CT molecular complexity index is 982. The number of carbonyl (C=O) groups is 2. The van der Waals surface area contributed by atoms with Crippen molar-refractivity contribution in [2.75, 3.05) is 46.5 Å². The Labute approximate surface area is 181 Å². The van der Waals surface area contributed by atoms with Crippen LogP contribution >= 0.6 is 0 Å². The number of nitrogens with one attached hydrogen (secondary N) is 1. The third-order valence-electron chi connectivity index (χ3n) is 5.93. The van der Waals surface area contributed by atoms with Crippen molar-refractivity contribution >= 4 is 17.4 Å². The monoisotopic (exact) mass is 423 g/mol. The number of methoxy groups -OCH3 is 1. The molecule has 0 aliphatic carbocycles. The van der Waals surface area contributed by atoms with E-state index in [1.165, 1.54) is 4.90 Å². The molecule has 2 heterocycles. The zero-order valence-corrected chi connectivity index (χ0v) is 17.5. The van der Waals surface area contributed by atoms with Crippen LogP contribution in [0, 0.1) is 0 Å². The van der Waals surface area contributed by atoms with Gasteiger partial charge in [-0.3, -0.25) is 9.59 Å². The second-order valence-electron chi connectivity index (χ2n) is 7.71. The number of aliphatic hydroxyl groups excluding tert-OH is 1. The number of amides is 1. The number of benzene rings is 2. The summed E-state index contributed by atoms with van der Waals surface area (Å²) in [5, 5.41) is 11.1. The summed E-state index contributed by atoms with van der Waals surface area (Å²) in [4.78, 5) is 29.0. The molecule has 2 aliphatic heterocycles. The summed E-state index contributed by atoms with van der Waals surface area (Å²) in [5.74, 6) is -0.872. The minimum absolute atomic E-state index is 0.0951. The summed E-state index contributed by atoms with van der Waals surface area (Å²) < 4.78 is 10.9. The Morgan fingerprint density at radius 2 is 1.77 bits per heavy atom. The molecule has 2 fully saturated rings. The molecular formula is C24H27N2O5+. The number of likely N-dealkylation sites (tertiary alicyclic amines) is 1. The number of ketones is 1. The van der Waals surface area contributed by atoms with E-state index in [1.54, 1.807) is 42.3 Å². The van der Waals surface area contributed by atoms with Gasteiger partial charge in [-0.1, -0.05) is 48.5 Å². The summed E-state index contributed by atoms with van der Waals surface area (Å²) in [6.45, 7) is 4.22. The number of quaternary nitrogens is 1. The minimum Gasteiger partial charge on any atom is -0.507 e. The van der Waals surface area contributed by atoms with Crippen molar-refractivity contribution in [3.63, 3.8) is 0 Å². The smallest absolute Gasteiger partial charge is 0.295 e. The number of carbonyl (C=O) groups excluding carboxylic acids is 2. The van der Waals surface area contributed by atoms with E-state index in [1.807, 2.05) is 24.3 Å². The van der Waals surface area contributed by atoms with E-state index in [2.05, 4.69) is 0 Å². The van der Waals surface area contributed by atoms with Gasteiger partial charge in [-0.05, 0) is 6.07 Å². The highest BCUT2D eigenvalue weighted by Gasteiger charge is 2.47. The summed E-state index contributed by atoms with van der Waals surface area (Å²) in [6, 6.07) is 15.4. The predicted octanol–water partition coefficient (Wildman–Crippen LogP) is 1.03. The molecule has 0 spiro atoms. The Morgan fingerprint density at radius 3 is 2.48 bits per heavy atom. The van der Waals surface area contributed by atoms with Crippen molar-refractivity contribution in [2.45, 2.75) is 6.04 Å². The van der Waals surface area contributed by atoms with Gasteiger partial charge >= 0.3 is 0 Å². The highest BCUT2D eigenvalue weighted by Crippen LogP contribution is 2.42. The molecule has 1 amide bonds. The summed E-state index contributed by atoms with van der Waals surface area (Å²) in [6.07, 6.45) is 0. The summed E-state index contributed by atoms with van der Waals surface area (Å²) in [7, 11) is 1.56. The molecule has 162 valence electrons. The molecule has 4 rings (SSSR count). The molecule has 31 heavy (non-hydrogen) atoms. The zero-order chi connectivity index (χ0) is 21.8. The number of hydrogen-bond donors (Lipinski definition) is 2. The number of para-hydroxylation sites is 1. The zero-order valence-electron chi connectivity index (χ0n) is 17.5. The van der Waals surface area contributed by atoms with Crippen molar-refractivity contribution in [3.05, 3.63) is 71.3 Å². The molecule has 0 unspecified atom stereocenters. The maximum atomic E-state index is 13.1. The van der Waals surface area contributed by atoms with Crippen LogP contribution in [0.15, 0.2) is 60.2 Å². The Hall–Kier alpha value is -3.16. The van der Waals surface area contributed by atoms with Gasteiger partial charge in [-0.15, -0.1) is 0 Å². The van der Waals surface area contributed by atoms with Crippen LogP contribution in [0.25, 0.3) is 5.76 Å². The molecule has 2 aromatic carbocycles. The fourth-order valence-electron chi connectivity index (χ4n) is 4.27. The van der Waals surface area contributed by atoms with Crippen LogP contribution in [-0.4, -0.2) is 68.2 Å². The van der Waals surface area contributed by atoms with Gasteiger partial charge in [0.1, 0.15) is 24.6 Å². The van der Waals surface area contributed by atoms with Crippen LogP contribution in [0.1, 0.15) is 17.2 Å². The fourth-order valence-corrected chi connectivity index (χ4v) is 4.27. The largest absolute Gasteiger partial charge is 0.507 e. The summed E-state index contributed by atoms with van der Waals surface area (Å²) >= 11 is 0. The lowest BCUT2D eigenvalue weighted by molar-refractivity contribution is -0.907. The molecule has 2 aliphatic rings. The highest BCUT2D eigenvalue weighted by molar-refractivity contribution is 6.46. The van der Waals surface area contributed by atoms with Gasteiger partial charge in [0.05, 0.1) is 45.0 Å². The number of aliphatic hydroxyl groups is 1. The normalized spacial score (nSPS) is 21.5. The number of ether oxygens (including phenoxy) is 2. The molecule has 0 bridgehead atoms. The van der Waals surface area contributed by atoms with Gasteiger partial charge in [0.2, 0.25) is 0 Å². The van der Waals surface area contributed by atoms with Crippen molar-refractivity contribution in [1.82, 2.24) is 4.90 Å². The van der Waals surface area contributed by atoms with E-state index >= 15 is 0 Å². The molecule has 2 N–H and O–H groups in total. The van der Waals surface area contributed by atoms with E-state index in [4.69, 9.17) is 9.47 Å². The topological polar surface area (TPSA) is 80.5 Å².